The molecule has 0 unspecified atom stereocenters. The highest BCUT2D eigenvalue weighted by Crippen LogP contribution is 2.47. The van der Waals surface area contributed by atoms with E-state index in [2.05, 4.69) is 15.9 Å². The molecule has 3 aromatic rings. The highest BCUT2D eigenvalue weighted by Gasteiger charge is 2.63. The van der Waals surface area contributed by atoms with Crippen molar-refractivity contribution in [2.45, 2.75) is 12.1 Å². The van der Waals surface area contributed by atoms with Crippen molar-refractivity contribution >= 4 is 56.6 Å². The fourth-order valence-corrected chi connectivity index (χ4v) is 5.97. The van der Waals surface area contributed by atoms with Gasteiger partial charge in [-0.3, -0.25) is 19.2 Å². The quantitative estimate of drug-likeness (QED) is 0.292. The minimum absolute atomic E-state index is 0.188. The summed E-state index contributed by atoms with van der Waals surface area (Å²) in [4.78, 5) is 57.7. The molecule has 2 saturated heterocycles. The second-order valence-corrected chi connectivity index (χ2v) is 10.8. The van der Waals surface area contributed by atoms with Gasteiger partial charge in [-0.15, -0.1) is 0 Å². The van der Waals surface area contributed by atoms with Gasteiger partial charge in [-0.2, -0.15) is 0 Å². The van der Waals surface area contributed by atoms with Gasteiger partial charge in [0.05, 0.1) is 23.6 Å². The molecule has 0 bridgehead atoms. The third-order valence-electron chi connectivity index (χ3n) is 7.33. The van der Waals surface area contributed by atoms with Gasteiger partial charge in [0.2, 0.25) is 11.8 Å². The molecule has 0 aromatic heterocycles. The Morgan fingerprint density at radius 3 is 2.13 bits per heavy atom. The van der Waals surface area contributed by atoms with Crippen LogP contribution in [-0.2, 0) is 9.59 Å². The van der Waals surface area contributed by atoms with Crippen LogP contribution in [0.5, 0.6) is 0 Å². The van der Waals surface area contributed by atoms with Crippen molar-refractivity contribution in [2.75, 3.05) is 4.90 Å². The zero-order valence-electron chi connectivity index (χ0n) is 19.8. The van der Waals surface area contributed by atoms with Crippen molar-refractivity contribution in [1.82, 2.24) is 4.90 Å². The summed E-state index contributed by atoms with van der Waals surface area (Å²) in [7, 11) is 0. The van der Waals surface area contributed by atoms with E-state index in [-0.39, 0.29) is 17.5 Å². The summed E-state index contributed by atoms with van der Waals surface area (Å²) in [5, 5.41) is 0.488. The highest BCUT2D eigenvalue weighted by atomic mass is 79.9. The average molecular weight is 588 g/mol. The Morgan fingerprint density at radius 1 is 0.789 bits per heavy atom. The van der Waals surface area contributed by atoms with Gasteiger partial charge in [-0.25, -0.2) is 4.90 Å². The van der Waals surface area contributed by atoms with Crippen LogP contribution in [0, 0.1) is 11.8 Å². The number of hydrogen-bond acceptors (Lipinski definition) is 5. The van der Waals surface area contributed by atoms with Crippen LogP contribution in [0.3, 0.4) is 0 Å². The Balaban J connectivity index is 1.43. The SMILES string of the molecule is O=C(C1=C[C@@H]2[C@H]3C(=O)N(c4ccc(Br)cc4)C(=O)[C@@H]3[C@H](C(=O)c3ccc(Cl)cc3)N2C=C1)c1ccccc1. The summed E-state index contributed by atoms with van der Waals surface area (Å²) < 4.78 is 0.812. The number of nitrogens with zero attached hydrogens (tertiary/aromatic N) is 2. The number of ketones is 2. The normalized spacial score (nSPS) is 23.8. The Kier molecular flexibility index (Phi) is 6.13. The van der Waals surface area contributed by atoms with Gasteiger partial charge in [-0.1, -0.05) is 63.9 Å². The first-order valence-corrected chi connectivity index (χ1v) is 13.2. The van der Waals surface area contributed by atoms with Crippen LogP contribution in [0.25, 0.3) is 0 Å². The second kappa shape index (κ2) is 9.49. The largest absolute Gasteiger partial charge is 0.359 e. The average Bonchev–Trinajstić information content (AvgIpc) is 3.41. The van der Waals surface area contributed by atoms with E-state index in [1.165, 1.54) is 4.90 Å². The molecular weight excluding hydrogens is 568 g/mol. The van der Waals surface area contributed by atoms with Gasteiger partial charge in [0.15, 0.2) is 11.6 Å². The van der Waals surface area contributed by atoms with E-state index in [0.717, 1.165) is 4.47 Å². The second-order valence-electron chi connectivity index (χ2n) is 9.43. The number of anilines is 1. The molecule has 4 atom stereocenters. The lowest BCUT2D eigenvalue weighted by Gasteiger charge is -2.32. The van der Waals surface area contributed by atoms with Crippen LogP contribution in [0.2, 0.25) is 5.02 Å². The molecule has 2 amide bonds. The number of benzene rings is 3. The number of rotatable bonds is 5. The molecule has 3 aromatic carbocycles. The first kappa shape index (κ1) is 24.5. The Labute approximate surface area is 232 Å². The summed E-state index contributed by atoms with van der Waals surface area (Å²) in [6.45, 7) is 0. The molecule has 0 radical (unpaired) electrons. The van der Waals surface area contributed by atoms with E-state index in [1.807, 2.05) is 6.07 Å². The number of allylic oxidation sites excluding steroid dienone is 2. The Hall–Kier alpha value is -3.81. The van der Waals surface area contributed by atoms with E-state index in [0.29, 0.717) is 27.4 Å². The molecular formula is C30H20BrClN2O4. The minimum atomic E-state index is -0.913. The number of hydrogen-bond donors (Lipinski definition) is 0. The molecule has 8 heteroatoms. The van der Waals surface area contributed by atoms with Gasteiger partial charge in [0, 0.05) is 32.4 Å². The van der Waals surface area contributed by atoms with Crippen molar-refractivity contribution < 1.29 is 19.2 Å². The molecule has 3 aliphatic rings. The summed E-state index contributed by atoms with van der Waals surface area (Å²) in [6, 6.07) is 20.7. The number of imide groups is 1. The number of amides is 2. The number of fused-ring (bicyclic) bond motifs is 3. The number of carbonyl (C=O) groups is 4. The predicted octanol–water partition coefficient (Wildman–Crippen LogP) is 5.48. The van der Waals surface area contributed by atoms with Crippen molar-refractivity contribution in [3.8, 4) is 0 Å². The van der Waals surface area contributed by atoms with Crippen molar-refractivity contribution in [2.24, 2.45) is 11.8 Å². The molecule has 0 saturated carbocycles. The molecule has 38 heavy (non-hydrogen) atoms. The zero-order chi connectivity index (χ0) is 26.6. The van der Waals surface area contributed by atoms with Crippen molar-refractivity contribution in [3.63, 3.8) is 0 Å². The molecule has 0 aliphatic carbocycles. The molecule has 2 fully saturated rings. The third-order valence-corrected chi connectivity index (χ3v) is 8.11. The first-order valence-electron chi connectivity index (χ1n) is 12.1. The summed E-state index contributed by atoms with van der Waals surface area (Å²) >= 11 is 9.41. The van der Waals surface area contributed by atoms with E-state index >= 15 is 0 Å². The maximum absolute atomic E-state index is 13.8. The summed E-state index contributed by atoms with van der Waals surface area (Å²) in [6.07, 6.45) is 5.04. The van der Waals surface area contributed by atoms with Gasteiger partial charge in [0.1, 0.15) is 6.04 Å². The molecule has 0 spiro atoms. The summed E-state index contributed by atoms with van der Waals surface area (Å²) in [5.41, 5.74) is 1.77. The molecule has 3 heterocycles. The molecule has 6 nitrogen and oxygen atoms in total. The topological polar surface area (TPSA) is 74.8 Å². The first-order chi connectivity index (χ1) is 18.3. The maximum Gasteiger partial charge on any atom is 0.240 e. The van der Waals surface area contributed by atoms with Crippen molar-refractivity contribution in [1.29, 1.82) is 0 Å². The standard InChI is InChI=1S/C30H20BrClN2O4/c31-20-8-12-22(13-9-20)34-29(37)24-23-16-19(27(35)17-4-2-1-3-5-17)14-15-33(23)26(25(24)30(34)38)28(36)18-6-10-21(32)11-7-18/h1-16,23-26H/t23-,24-,25+,26-/m1/s1. The van der Waals surface area contributed by atoms with Gasteiger partial charge in [-0.05, 0) is 54.6 Å². The lowest BCUT2D eigenvalue weighted by Crippen LogP contribution is -2.46. The zero-order valence-corrected chi connectivity index (χ0v) is 22.2. The lowest BCUT2D eigenvalue weighted by atomic mass is 9.85. The molecule has 0 N–H and O–H groups in total. The monoisotopic (exact) mass is 586 g/mol. The van der Waals surface area contributed by atoms with Crippen LogP contribution in [0.4, 0.5) is 5.69 Å². The van der Waals surface area contributed by atoms with Gasteiger partial charge < -0.3 is 4.90 Å². The fraction of sp³-hybridized carbons (Fsp3) is 0.133. The highest BCUT2D eigenvalue weighted by molar-refractivity contribution is 9.10. The van der Waals surface area contributed by atoms with Gasteiger partial charge in [0.25, 0.3) is 0 Å². The van der Waals surface area contributed by atoms with E-state index in [1.54, 1.807) is 96.0 Å². The Bertz CT molecular complexity index is 1530. The van der Waals surface area contributed by atoms with Crippen LogP contribution in [0.1, 0.15) is 20.7 Å². The van der Waals surface area contributed by atoms with E-state index < -0.39 is 29.8 Å². The third kappa shape index (κ3) is 3.94. The van der Waals surface area contributed by atoms with Crippen LogP contribution in [0.15, 0.2) is 107 Å². The van der Waals surface area contributed by atoms with Crippen LogP contribution >= 0.6 is 27.5 Å². The van der Waals surface area contributed by atoms with Gasteiger partial charge >= 0.3 is 0 Å². The molecule has 6 rings (SSSR count). The smallest absolute Gasteiger partial charge is 0.240 e. The van der Waals surface area contributed by atoms with Crippen LogP contribution in [-0.4, -0.2) is 40.4 Å². The predicted molar refractivity (Wildman–Crippen MR) is 147 cm³/mol. The van der Waals surface area contributed by atoms with E-state index in [4.69, 9.17) is 11.6 Å². The van der Waals surface area contributed by atoms with E-state index in [9.17, 15) is 19.2 Å². The Morgan fingerprint density at radius 2 is 1.45 bits per heavy atom. The van der Waals surface area contributed by atoms with Crippen LogP contribution < -0.4 is 4.90 Å². The fourth-order valence-electron chi connectivity index (χ4n) is 5.58. The number of Topliss-reactive ketones (excluding diaryl/α,β-unsaturated/α-hetero) is 2. The maximum atomic E-state index is 13.8. The number of halogens is 2. The summed E-state index contributed by atoms with van der Waals surface area (Å²) in [5.74, 6) is -3.02. The van der Waals surface area contributed by atoms with Crippen molar-refractivity contribution in [3.05, 3.63) is 123 Å². The lowest BCUT2D eigenvalue weighted by molar-refractivity contribution is -0.123. The molecule has 3 aliphatic heterocycles. The number of carbonyl (C=O) groups excluding carboxylic acids is 4. The molecule has 188 valence electrons. The minimum Gasteiger partial charge on any atom is -0.359 e.